The third-order valence-corrected chi connectivity index (χ3v) is 5.15. The maximum Gasteiger partial charge on any atom is 0.120 e. The fourth-order valence-electron chi connectivity index (χ4n) is 1.80. The smallest absolute Gasteiger partial charge is 0.120 e. The molecule has 0 aliphatic carbocycles. The van der Waals surface area contributed by atoms with Crippen molar-refractivity contribution in [3.05, 3.63) is 60.7 Å². The molecule has 0 saturated carbocycles. The molecule has 0 heterocycles. The van der Waals surface area contributed by atoms with E-state index >= 15 is 0 Å². The fourth-order valence-corrected chi connectivity index (χ4v) is 4.05. The van der Waals surface area contributed by atoms with Crippen LogP contribution in [0.25, 0.3) is 0 Å². The van der Waals surface area contributed by atoms with Gasteiger partial charge in [-0.15, -0.1) is 0 Å². The van der Waals surface area contributed by atoms with Crippen LogP contribution in [0.15, 0.2) is 60.7 Å². The number of benzene rings is 2. The molecule has 2 aromatic carbocycles. The first-order chi connectivity index (χ1) is 8.42. The van der Waals surface area contributed by atoms with Gasteiger partial charge in [-0.3, -0.25) is 0 Å². The van der Waals surface area contributed by atoms with E-state index < -0.39 is 0 Å². The highest BCUT2D eigenvalue weighted by molar-refractivity contribution is 7.73. The molecule has 0 aliphatic rings. The molecular formula is C15H15OP. The molecule has 2 aromatic rings. The summed E-state index contributed by atoms with van der Waals surface area (Å²) in [7, 11) is -0.388. The lowest BCUT2D eigenvalue weighted by molar-refractivity contribution is -0.107. The topological polar surface area (TPSA) is 17.1 Å². The molecule has 0 atom stereocenters. The third kappa shape index (κ3) is 3.25. The van der Waals surface area contributed by atoms with Crippen molar-refractivity contribution in [3.8, 4) is 0 Å². The summed E-state index contributed by atoms with van der Waals surface area (Å²) in [6.45, 7) is 0. The van der Waals surface area contributed by atoms with Crippen molar-refractivity contribution in [2.24, 2.45) is 0 Å². The van der Waals surface area contributed by atoms with E-state index in [-0.39, 0.29) is 7.92 Å². The van der Waals surface area contributed by atoms with Crippen molar-refractivity contribution in [1.29, 1.82) is 0 Å². The molecule has 17 heavy (non-hydrogen) atoms. The van der Waals surface area contributed by atoms with Crippen molar-refractivity contribution in [2.75, 3.05) is 6.16 Å². The molecule has 0 bridgehead atoms. The number of rotatable bonds is 5. The summed E-state index contributed by atoms with van der Waals surface area (Å²) in [4.78, 5) is 10.6. The predicted octanol–water partition coefficient (Wildman–Crippen LogP) is 2.71. The SMILES string of the molecule is O=CCCP(c1ccccc1)c1ccccc1. The lowest BCUT2D eigenvalue weighted by Crippen LogP contribution is -2.13. The van der Waals surface area contributed by atoms with Gasteiger partial charge in [0.1, 0.15) is 6.29 Å². The Balaban J connectivity index is 2.29. The summed E-state index contributed by atoms with van der Waals surface area (Å²) in [5.74, 6) is 0. The first-order valence-corrected chi connectivity index (χ1v) is 7.26. The van der Waals surface area contributed by atoms with Crippen LogP contribution in [0.3, 0.4) is 0 Å². The standard InChI is InChI=1S/C15H15OP/c16-12-7-13-17(14-8-3-1-4-9-14)15-10-5-2-6-11-15/h1-6,8-12H,7,13H2. The van der Waals surface area contributed by atoms with Gasteiger partial charge in [0.15, 0.2) is 0 Å². The predicted molar refractivity (Wildman–Crippen MR) is 74.6 cm³/mol. The van der Waals surface area contributed by atoms with Crippen LogP contribution in [-0.4, -0.2) is 12.4 Å². The molecule has 1 nitrogen and oxygen atoms in total. The van der Waals surface area contributed by atoms with E-state index in [0.29, 0.717) is 6.42 Å². The molecule has 2 heteroatoms. The minimum Gasteiger partial charge on any atom is -0.303 e. The zero-order valence-electron chi connectivity index (χ0n) is 9.62. The summed E-state index contributed by atoms with van der Waals surface area (Å²) >= 11 is 0. The van der Waals surface area contributed by atoms with Gasteiger partial charge in [0, 0.05) is 6.42 Å². The monoisotopic (exact) mass is 242 g/mol. The van der Waals surface area contributed by atoms with Crippen LogP contribution in [0.2, 0.25) is 0 Å². The Bertz CT molecular complexity index is 413. The van der Waals surface area contributed by atoms with E-state index in [1.54, 1.807) is 0 Å². The highest BCUT2D eigenvalue weighted by atomic mass is 31.1. The quantitative estimate of drug-likeness (QED) is 0.582. The van der Waals surface area contributed by atoms with Gasteiger partial charge in [0.05, 0.1) is 0 Å². The molecule has 0 radical (unpaired) electrons. The summed E-state index contributed by atoms with van der Waals surface area (Å²) in [6, 6.07) is 20.9. The molecule has 0 aliphatic heterocycles. The van der Waals surface area contributed by atoms with E-state index in [0.717, 1.165) is 12.4 Å². The number of aldehydes is 1. The average Bonchev–Trinajstić information content (AvgIpc) is 2.42. The highest BCUT2D eigenvalue weighted by Gasteiger charge is 2.12. The Morgan fingerprint density at radius 3 is 1.71 bits per heavy atom. The maximum atomic E-state index is 10.6. The first-order valence-electron chi connectivity index (χ1n) is 5.73. The molecule has 0 unspecified atom stereocenters. The van der Waals surface area contributed by atoms with Gasteiger partial charge < -0.3 is 4.79 Å². The van der Waals surface area contributed by atoms with Crippen molar-refractivity contribution < 1.29 is 4.79 Å². The second-order valence-corrected chi connectivity index (χ2v) is 6.11. The van der Waals surface area contributed by atoms with Gasteiger partial charge in [-0.25, -0.2) is 0 Å². The van der Waals surface area contributed by atoms with Gasteiger partial charge in [-0.05, 0) is 24.7 Å². The van der Waals surface area contributed by atoms with Crippen molar-refractivity contribution in [3.63, 3.8) is 0 Å². The molecule has 86 valence electrons. The molecule has 0 fully saturated rings. The van der Waals surface area contributed by atoms with Crippen LogP contribution >= 0.6 is 7.92 Å². The fraction of sp³-hybridized carbons (Fsp3) is 0.133. The Kier molecular flexibility index (Phi) is 4.46. The Hall–Kier alpha value is -1.46. The lowest BCUT2D eigenvalue weighted by Gasteiger charge is -2.17. The van der Waals surface area contributed by atoms with E-state index in [2.05, 4.69) is 48.5 Å². The second kappa shape index (κ2) is 6.32. The Labute approximate surface area is 103 Å². The summed E-state index contributed by atoms with van der Waals surface area (Å²) < 4.78 is 0. The van der Waals surface area contributed by atoms with Gasteiger partial charge in [0.2, 0.25) is 0 Å². The minimum atomic E-state index is -0.388. The number of hydrogen-bond donors (Lipinski definition) is 0. The molecule has 0 amide bonds. The van der Waals surface area contributed by atoms with Crippen molar-refractivity contribution in [2.45, 2.75) is 6.42 Å². The Morgan fingerprint density at radius 2 is 1.29 bits per heavy atom. The molecule has 0 N–H and O–H groups in total. The van der Waals surface area contributed by atoms with E-state index in [1.807, 2.05) is 12.1 Å². The van der Waals surface area contributed by atoms with E-state index in [9.17, 15) is 4.79 Å². The van der Waals surface area contributed by atoms with Crippen LogP contribution in [-0.2, 0) is 4.79 Å². The lowest BCUT2D eigenvalue weighted by atomic mass is 10.4. The number of carbonyl (C=O) groups excluding carboxylic acids is 1. The van der Waals surface area contributed by atoms with E-state index in [4.69, 9.17) is 0 Å². The molecule has 2 rings (SSSR count). The van der Waals surface area contributed by atoms with Gasteiger partial charge in [-0.1, -0.05) is 60.7 Å². The first kappa shape index (κ1) is 12.0. The summed E-state index contributed by atoms with van der Waals surface area (Å²) in [5, 5.41) is 2.69. The average molecular weight is 242 g/mol. The van der Waals surface area contributed by atoms with Crippen LogP contribution in [0.4, 0.5) is 0 Å². The maximum absolute atomic E-state index is 10.6. The number of carbonyl (C=O) groups is 1. The minimum absolute atomic E-state index is 0.388. The van der Waals surface area contributed by atoms with E-state index in [1.165, 1.54) is 10.6 Å². The van der Waals surface area contributed by atoms with Gasteiger partial charge in [-0.2, -0.15) is 0 Å². The largest absolute Gasteiger partial charge is 0.303 e. The highest BCUT2D eigenvalue weighted by Crippen LogP contribution is 2.33. The molecular weight excluding hydrogens is 227 g/mol. The van der Waals surface area contributed by atoms with Crippen molar-refractivity contribution in [1.82, 2.24) is 0 Å². The van der Waals surface area contributed by atoms with Crippen LogP contribution in [0.1, 0.15) is 6.42 Å². The zero-order valence-corrected chi connectivity index (χ0v) is 10.5. The molecule has 0 spiro atoms. The van der Waals surface area contributed by atoms with Crippen LogP contribution in [0, 0.1) is 0 Å². The van der Waals surface area contributed by atoms with Gasteiger partial charge in [0.25, 0.3) is 0 Å². The number of hydrogen-bond acceptors (Lipinski definition) is 1. The van der Waals surface area contributed by atoms with Gasteiger partial charge >= 0.3 is 0 Å². The molecule has 0 aromatic heterocycles. The normalized spacial score (nSPS) is 10.4. The van der Waals surface area contributed by atoms with Crippen LogP contribution in [0.5, 0.6) is 0 Å². The van der Waals surface area contributed by atoms with Crippen LogP contribution < -0.4 is 10.6 Å². The zero-order chi connectivity index (χ0) is 11.9. The molecule has 0 saturated heterocycles. The summed E-state index contributed by atoms with van der Waals surface area (Å²) in [6.07, 6.45) is 2.59. The van der Waals surface area contributed by atoms with Crippen molar-refractivity contribution >= 4 is 24.8 Å². The third-order valence-electron chi connectivity index (χ3n) is 2.61. The second-order valence-electron chi connectivity index (χ2n) is 3.78. The summed E-state index contributed by atoms with van der Waals surface area (Å²) in [5.41, 5.74) is 0. The Morgan fingerprint density at radius 1 is 0.824 bits per heavy atom.